The topological polar surface area (TPSA) is 42.4 Å². The average molecular weight is 221 g/mol. The molecular weight excluding hydrogens is 210 g/mol. The highest BCUT2D eigenvalue weighted by molar-refractivity contribution is 7.05. The van der Waals surface area contributed by atoms with Crippen molar-refractivity contribution in [3.63, 3.8) is 0 Å². The van der Waals surface area contributed by atoms with Crippen LogP contribution in [0, 0.1) is 0 Å². The molecule has 0 bridgehead atoms. The van der Waals surface area contributed by atoms with Crippen LogP contribution < -0.4 is 4.74 Å². The minimum atomic E-state index is -0.659. The number of aliphatic hydroxyl groups is 1. The lowest BCUT2D eigenvalue weighted by Crippen LogP contribution is -2.00. The van der Waals surface area contributed by atoms with E-state index in [-0.39, 0.29) is 0 Å². The number of hydrogen-bond acceptors (Lipinski definition) is 4. The highest BCUT2D eigenvalue weighted by Gasteiger charge is 2.15. The minimum Gasteiger partial charge on any atom is -0.496 e. The normalized spacial score (nSPS) is 12.4. The minimum absolute atomic E-state index is 0.659. The van der Waals surface area contributed by atoms with E-state index in [2.05, 4.69) is 4.37 Å². The summed E-state index contributed by atoms with van der Waals surface area (Å²) in [5.74, 6) is 0.693. The SMILES string of the molecule is COc1ccccc1C(O)c1ccns1. The van der Waals surface area contributed by atoms with Gasteiger partial charge >= 0.3 is 0 Å². The molecule has 4 heteroatoms. The van der Waals surface area contributed by atoms with E-state index in [1.807, 2.05) is 30.3 Å². The van der Waals surface area contributed by atoms with Crippen molar-refractivity contribution in [2.24, 2.45) is 0 Å². The van der Waals surface area contributed by atoms with Crippen LogP contribution in [-0.4, -0.2) is 16.6 Å². The van der Waals surface area contributed by atoms with Crippen LogP contribution in [0.5, 0.6) is 5.75 Å². The molecule has 0 aliphatic rings. The van der Waals surface area contributed by atoms with Gasteiger partial charge in [0.1, 0.15) is 11.9 Å². The molecule has 1 N–H and O–H groups in total. The predicted molar refractivity (Wildman–Crippen MR) is 59.2 cm³/mol. The van der Waals surface area contributed by atoms with E-state index in [1.54, 1.807) is 13.3 Å². The van der Waals surface area contributed by atoms with Gasteiger partial charge in [-0.3, -0.25) is 0 Å². The van der Waals surface area contributed by atoms with Crippen molar-refractivity contribution in [3.8, 4) is 5.75 Å². The van der Waals surface area contributed by atoms with Crippen LogP contribution in [-0.2, 0) is 0 Å². The molecule has 1 atom stereocenters. The molecule has 0 amide bonds. The first-order valence-corrected chi connectivity index (χ1v) is 5.32. The molecule has 0 radical (unpaired) electrons. The first-order chi connectivity index (χ1) is 7.33. The Hall–Kier alpha value is -1.39. The monoisotopic (exact) mass is 221 g/mol. The zero-order valence-corrected chi connectivity index (χ0v) is 9.07. The van der Waals surface area contributed by atoms with Crippen molar-refractivity contribution in [1.29, 1.82) is 0 Å². The number of ether oxygens (including phenoxy) is 1. The lowest BCUT2D eigenvalue weighted by Gasteiger charge is -2.12. The van der Waals surface area contributed by atoms with Gasteiger partial charge < -0.3 is 9.84 Å². The number of rotatable bonds is 3. The van der Waals surface area contributed by atoms with Gasteiger partial charge in [-0.15, -0.1) is 0 Å². The Morgan fingerprint density at radius 3 is 2.80 bits per heavy atom. The Kier molecular flexibility index (Phi) is 2.99. The fourth-order valence-electron chi connectivity index (χ4n) is 1.41. The fourth-order valence-corrected chi connectivity index (χ4v) is 2.00. The maximum atomic E-state index is 10.1. The standard InChI is InChI=1S/C11H11NO2S/c1-14-9-5-3-2-4-8(9)11(13)10-6-7-12-15-10/h2-7,11,13H,1H3. The Balaban J connectivity index is 2.37. The van der Waals surface area contributed by atoms with E-state index in [0.717, 1.165) is 10.4 Å². The largest absolute Gasteiger partial charge is 0.496 e. The summed E-state index contributed by atoms with van der Waals surface area (Å²) in [6.45, 7) is 0. The molecule has 1 aromatic heterocycles. The summed E-state index contributed by atoms with van der Waals surface area (Å²) in [6.07, 6.45) is 1.02. The molecule has 15 heavy (non-hydrogen) atoms. The van der Waals surface area contributed by atoms with Crippen molar-refractivity contribution >= 4 is 11.5 Å². The smallest absolute Gasteiger partial charge is 0.125 e. The summed E-state index contributed by atoms with van der Waals surface area (Å²) in [6, 6.07) is 9.24. The van der Waals surface area contributed by atoms with Crippen LogP contribution in [0.3, 0.4) is 0 Å². The van der Waals surface area contributed by atoms with Gasteiger partial charge in [0.2, 0.25) is 0 Å². The zero-order chi connectivity index (χ0) is 10.7. The van der Waals surface area contributed by atoms with Crippen LogP contribution in [0.25, 0.3) is 0 Å². The maximum absolute atomic E-state index is 10.1. The average Bonchev–Trinajstić information content (AvgIpc) is 2.81. The maximum Gasteiger partial charge on any atom is 0.125 e. The van der Waals surface area contributed by atoms with E-state index in [4.69, 9.17) is 4.74 Å². The molecule has 0 aliphatic carbocycles. The second-order valence-corrected chi connectivity index (χ2v) is 3.92. The third kappa shape index (κ3) is 2.00. The second kappa shape index (κ2) is 4.42. The van der Waals surface area contributed by atoms with Crippen LogP contribution >= 0.6 is 11.5 Å². The highest BCUT2D eigenvalue weighted by atomic mass is 32.1. The number of methoxy groups -OCH3 is 1. The fraction of sp³-hybridized carbons (Fsp3) is 0.182. The summed E-state index contributed by atoms with van der Waals surface area (Å²) >= 11 is 1.29. The molecule has 0 fully saturated rings. The molecule has 3 nitrogen and oxygen atoms in total. The molecule has 2 rings (SSSR count). The first-order valence-electron chi connectivity index (χ1n) is 4.54. The van der Waals surface area contributed by atoms with Crippen molar-refractivity contribution in [2.75, 3.05) is 7.11 Å². The molecule has 1 unspecified atom stereocenters. The van der Waals surface area contributed by atoms with Gasteiger partial charge in [0.15, 0.2) is 0 Å². The van der Waals surface area contributed by atoms with Gasteiger partial charge in [-0.25, -0.2) is 4.37 Å². The van der Waals surface area contributed by atoms with E-state index < -0.39 is 6.10 Å². The van der Waals surface area contributed by atoms with Crippen LogP contribution in [0.15, 0.2) is 36.5 Å². The quantitative estimate of drug-likeness (QED) is 0.864. The predicted octanol–water partition coefficient (Wildman–Crippen LogP) is 2.23. The summed E-state index contributed by atoms with van der Waals surface area (Å²) in [7, 11) is 1.60. The van der Waals surface area contributed by atoms with Crippen molar-refractivity contribution in [1.82, 2.24) is 4.37 Å². The van der Waals surface area contributed by atoms with Crippen LogP contribution in [0.2, 0.25) is 0 Å². The Labute approximate surface area is 92.1 Å². The van der Waals surface area contributed by atoms with E-state index in [1.165, 1.54) is 11.5 Å². The number of benzene rings is 1. The Morgan fingerprint density at radius 1 is 1.33 bits per heavy atom. The molecule has 0 aliphatic heterocycles. The van der Waals surface area contributed by atoms with Crippen molar-refractivity contribution < 1.29 is 9.84 Å². The van der Waals surface area contributed by atoms with Gasteiger partial charge in [0.25, 0.3) is 0 Å². The first kappa shape index (κ1) is 10.1. The molecule has 1 heterocycles. The summed E-state index contributed by atoms with van der Waals surface area (Å²) in [5, 5.41) is 10.1. The number of nitrogens with zero attached hydrogens (tertiary/aromatic N) is 1. The Bertz CT molecular complexity index is 428. The third-order valence-electron chi connectivity index (χ3n) is 2.16. The van der Waals surface area contributed by atoms with E-state index in [9.17, 15) is 5.11 Å². The van der Waals surface area contributed by atoms with Gasteiger partial charge in [-0.2, -0.15) is 0 Å². The number of aliphatic hydroxyl groups excluding tert-OH is 1. The molecular formula is C11H11NO2S. The number of para-hydroxylation sites is 1. The molecule has 0 saturated heterocycles. The van der Waals surface area contributed by atoms with Crippen molar-refractivity contribution in [2.45, 2.75) is 6.10 Å². The number of hydrogen-bond donors (Lipinski definition) is 1. The highest BCUT2D eigenvalue weighted by Crippen LogP contribution is 2.30. The van der Waals surface area contributed by atoms with E-state index in [0.29, 0.717) is 5.75 Å². The molecule has 78 valence electrons. The summed E-state index contributed by atoms with van der Waals surface area (Å²) in [5.41, 5.74) is 0.768. The lowest BCUT2D eigenvalue weighted by molar-refractivity contribution is 0.218. The van der Waals surface area contributed by atoms with Gasteiger partial charge in [-0.1, -0.05) is 18.2 Å². The second-order valence-electron chi connectivity index (χ2n) is 3.06. The van der Waals surface area contributed by atoms with Gasteiger partial charge in [-0.05, 0) is 23.7 Å². The molecule has 0 spiro atoms. The van der Waals surface area contributed by atoms with Gasteiger partial charge in [0.05, 0.1) is 12.0 Å². The van der Waals surface area contributed by atoms with Crippen LogP contribution in [0.4, 0.5) is 0 Å². The number of aromatic nitrogens is 1. The Morgan fingerprint density at radius 2 is 2.13 bits per heavy atom. The third-order valence-corrected chi connectivity index (χ3v) is 2.96. The summed E-state index contributed by atoms with van der Waals surface area (Å²) < 4.78 is 9.15. The van der Waals surface area contributed by atoms with Gasteiger partial charge in [0, 0.05) is 11.8 Å². The van der Waals surface area contributed by atoms with Crippen LogP contribution in [0.1, 0.15) is 16.5 Å². The van der Waals surface area contributed by atoms with E-state index >= 15 is 0 Å². The molecule has 1 aromatic carbocycles. The molecule has 0 saturated carbocycles. The zero-order valence-electron chi connectivity index (χ0n) is 8.25. The molecule has 2 aromatic rings. The van der Waals surface area contributed by atoms with Crippen molar-refractivity contribution in [3.05, 3.63) is 47.0 Å². The summed E-state index contributed by atoms with van der Waals surface area (Å²) in [4.78, 5) is 0.819. The lowest BCUT2D eigenvalue weighted by atomic mass is 10.1.